The van der Waals surface area contributed by atoms with Crippen molar-refractivity contribution in [3.8, 4) is 12.3 Å². The summed E-state index contributed by atoms with van der Waals surface area (Å²) < 4.78 is 10.8. The van der Waals surface area contributed by atoms with Crippen molar-refractivity contribution in [2.45, 2.75) is 39.2 Å². The molecule has 0 unspecified atom stereocenters. The van der Waals surface area contributed by atoms with E-state index in [9.17, 15) is 9.59 Å². The van der Waals surface area contributed by atoms with Gasteiger partial charge in [-0.3, -0.25) is 4.79 Å². The summed E-state index contributed by atoms with van der Waals surface area (Å²) in [7, 11) is 3.36. The Morgan fingerprint density at radius 3 is 2.50 bits per heavy atom. The molecule has 2 aliphatic heterocycles. The average molecular weight is 412 g/mol. The summed E-state index contributed by atoms with van der Waals surface area (Å²) in [5.41, 5.74) is 2.65. The van der Waals surface area contributed by atoms with Gasteiger partial charge in [0.05, 0.1) is 19.3 Å². The molecule has 0 atom stereocenters. The fraction of sp³-hybridized carbons (Fsp3) is 0.478. The molecule has 1 fully saturated rings. The van der Waals surface area contributed by atoms with Crippen LogP contribution in [0.1, 0.15) is 42.0 Å². The molecule has 7 heteroatoms. The first-order valence-electron chi connectivity index (χ1n) is 10.0. The minimum atomic E-state index is -0.825. The van der Waals surface area contributed by atoms with E-state index in [1.807, 2.05) is 31.0 Å². The summed E-state index contributed by atoms with van der Waals surface area (Å²) in [6.45, 7) is 6.92. The molecule has 0 aliphatic carbocycles. The number of terminal acetylenes is 1. The normalized spacial score (nSPS) is 18.7. The molecular formula is C23H28N2O5. The maximum atomic E-state index is 13.5. The van der Waals surface area contributed by atoms with Crippen LogP contribution in [-0.4, -0.2) is 61.4 Å². The highest BCUT2D eigenvalue weighted by molar-refractivity contribution is 6.24. The van der Waals surface area contributed by atoms with E-state index >= 15 is 0 Å². The van der Waals surface area contributed by atoms with E-state index in [0.29, 0.717) is 48.4 Å². The van der Waals surface area contributed by atoms with Gasteiger partial charge in [-0.15, -0.1) is 6.42 Å². The van der Waals surface area contributed by atoms with Gasteiger partial charge in [-0.05, 0) is 50.8 Å². The number of aryl methyl sites for hydroxylation is 2. The summed E-state index contributed by atoms with van der Waals surface area (Å²) in [4.78, 5) is 32.9. The van der Waals surface area contributed by atoms with Crippen LogP contribution in [0.25, 0.3) is 5.57 Å². The first kappa shape index (κ1) is 21.9. The Hall–Kier alpha value is -2.82. The van der Waals surface area contributed by atoms with E-state index in [1.54, 1.807) is 26.0 Å². The lowest BCUT2D eigenvalue weighted by molar-refractivity contribution is -0.162. The zero-order valence-corrected chi connectivity index (χ0v) is 18.2. The number of piperidine rings is 1. The number of ether oxygens (including phenoxy) is 2. The highest BCUT2D eigenvalue weighted by atomic mass is 16.7. The van der Waals surface area contributed by atoms with Gasteiger partial charge in [0.2, 0.25) is 0 Å². The lowest BCUT2D eigenvalue weighted by Crippen LogP contribution is -2.53. The maximum Gasteiger partial charge on any atom is 0.513 e. The molecule has 2 aliphatic rings. The number of hydrogen-bond donors (Lipinski definition) is 0. The zero-order chi connectivity index (χ0) is 22.1. The Morgan fingerprint density at radius 2 is 1.93 bits per heavy atom. The molecule has 2 heterocycles. The third kappa shape index (κ3) is 3.57. The molecule has 1 amide bonds. The molecular weight excluding hydrogens is 384 g/mol. The van der Waals surface area contributed by atoms with Crippen molar-refractivity contribution in [1.82, 2.24) is 9.96 Å². The first-order chi connectivity index (χ1) is 14.3. The van der Waals surface area contributed by atoms with E-state index in [4.69, 9.17) is 20.7 Å². The second kappa shape index (κ2) is 8.50. The van der Waals surface area contributed by atoms with Gasteiger partial charge in [0.25, 0.3) is 5.91 Å². The lowest BCUT2D eigenvalue weighted by Gasteiger charge is -2.43. The topological polar surface area (TPSA) is 68.3 Å². The molecule has 0 N–H and O–H groups in total. The number of hydroxylamine groups is 2. The standard InChI is InChI=1S/C23H28N2O5/c1-7-17-14-15(3)13-16(4)18(17)19-20(30-22(27)29-8-2)23(24(5)21(19)26)9-11-25(28-6)12-10-23/h1,13-14H,8-12H2,2-6H3. The van der Waals surface area contributed by atoms with Crippen molar-refractivity contribution in [1.29, 1.82) is 0 Å². The minimum Gasteiger partial charge on any atom is -0.434 e. The monoisotopic (exact) mass is 412 g/mol. The summed E-state index contributed by atoms with van der Waals surface area (Å²) in [6, 6.07) is 3.83. The van der Waals surface area contributed by atoms with Crippen LogP contribution in [0.5, 0.6) is 0 Å². The molecule has 0 saturated carbocycles. The molecule has 3 rings (SSSR count). The summed E-state index contributed by atoms with van der Waals surface area (Å²) in [6.07, 6.45) is 6.06. The Bertz CT molecular complexity index is 936. The van der Waals surface area contributed by atoms with Gasteiger partial charge in [0.15, 0.2) is 5.76 Å². The highest BCUT2D eigenvalue weighted by Gasteiger charge is 2.54. The van der Waals surface area contributed by atoms with Crippen LogP contribution in [0.3, 0.4) is 0 Å². The number of benzene rings is 1. The quantitative estimate of drug-likeness (QED) is 0.559. The van der Waals surface area contributed by atoms with Gasteiger partial charge >= 0.3 is 6.16 Å². The van der Waals surface area contributed by atoms with E-state index in [-0.39, 0.29) is 12.5 Å². The molecule has 0 radical (unpaired) electrons. The Balaban J connectivity index is 2.22. The number of carbonyl (C=O) groups excluding carboxylic acids is 2. The predicted octanol–water partition coefficient (Wildman–Crippen LogP) is 3.04. The Kier molecular flexibility index (Phi) is 6.20. The van der Waals surface area contributed by atoms with Gasteiger partial charge in [-0.2, -0.15) is 5.06 Å². The number of nitrogens with zero attached hydrogens (tertiary/aromatic N) is 2. The van der Waals surface area contributed by atoms with E-state index in [1.165, 1.54) is 0 Å². The highest BCUT2D eigenvalue weighted by Crippen LogP contribution is 2.47. The van der Waals surface area contributed by atoms with Crippen LogP contribution in [0.2, 0.25) is 0 Å². The van der Waals surface area contributed by atoms with Crippen molar-refractivity contribution < 1.29 is 23.9 Å². The van der Waals surface area contributed by atoms with Crippen LogP contribution < -0.4 is 0 Å². The van der Waals surface area contributed by atoms with Crippen LogP contribution in [0, 0.1) is 26.2 Å². The van der Waals surface area contributed by atoms with Crippen LogP contribution in [0.4, 0.5) is 4.79 Å². The molecule has 160 valence electrons. The maximum absolute atomic E-state index is 13.5. The van der Waals surface area contributed by atoms with Gasteiger partial charge in [-0.1, -0.05) is 12.0 Å². The SMILES string of the molecule is C#Cc1cc(C)cc(C)c1C1=C(OC(=O)OCC)C2(CCN(OC)CC2)N(C)C1=O. The van der Waals surface area contributed by atoms with Crippen molar-refractivity contribution >= 4 is 17.6 Å². The second-order valence-electron chi connectivity index (χ2n) is 7.65. The summed E-state index contributed by atoms with van der Waals surface area (Å²) >= 11 is 0. The molecule has 0 aromatic heterocycles. The molecule has 1 aromatic carbocycles. The van der Waals surface area contributed by atoms with Crippen LogP contribution in [0.15, 0.2) is 17.9 Å². The molecule has 7 nitrogen and oxygen atoms in total. The number of amides is 1. The third-order valence-corrected chi connectivity index (χ3v) is 5.95. The second-order valence-corrected chi connectivity index (χ2v) is 7.65. The minimum absolute atomic E-state index is 0.175. The van der Waals surface area contributed by atoms with Gasteiger partial charge in [0.1, 0.15) is 5.54 Å². The largest absolute Gasteiger partial charge is 0.513 e. The van der Waals surface area contributed by atoms with Crippen molar-refractivity contribution in [2.24, 2.45) is 0 Å². The van der Waals surface area contributed by atoms with Crippen molar-refractivity contribution in [2.75, 3.05) is 33.9 Å². The fourth-order valence-corrected chi connectivity index (χ4v) is 4.46. The number of likely N-dealkylation sites (N-methyl/N-ethyl adjacent to an activating group) is 1. The van der Waals surface area contributed by atoms with Gasteiger partial charge in [0, 0.05) is 31.3 Å². The van der Waals surface area contributed by atoms with E-state index in [2.05, 4.69) is 5.92 Å². The Morgan fingerprint density at radius 1 is 1.27 bits per heavy atom. The third-order valence-electron chi connectivity index (χ3n) is 5.95. The van der Waals surface area contributed by atoms with Gasteiger partial charge in [-0.25, -0.2) is 4.79 Å². The lowest BCUT2D eigenvalue weighted by atomic mass is 9.84. The smallest absolute Gasteiger partial charge is 0.434 e. The molecule has 0 bridgehead atoms. The molecule has 1 aromatic rings. The molecule has 1 spiro atoms. The van der Waals surface area contributed by atoms with E-state index in [0.717, 1.165) is 11.1 Å². The van der Waals surface area contributed by atoms with Crippen molar-refractivity contribution in [3.05, 3.63) is 40.1 Å². The number of hydrogen-bond acceptors (Lipinski definition) is 6. The summed E-state index contributed by atoms with van der Waals surface area (Å²) in [5.74, 6) is 2.78. The fourth-order valence-electron chi connectivity index (χ4n) is 4.46. The average Bonchev–Trinajstić information content (AvgIpc) is 2.90. The van der Waals surface area contributed by atoms with E-state index < -0.39 is 11.7 Å². The zero-order valence-electron chi connectivity index (χ0n) is 18.2. The summed E-state index contributed by atoms with van der Waals surface area (Å²) in [5, 5.41) is 1.83. The molecule has 1 saturated heterocycles. The van der Waals surface area contributed by atoms with Gasteiger partial charge < -0.3 is 19.2 Å². The number of carbonyl (C=O) groups is 2. The van der Waals surface area contributed by atoms with Crippen molar-refractivity contribution in [3.63, 3.8) is 0 Å². The first-order valence-corrected chi connectivity index (χ1v) is 10.0. The number of rotatable bonds is 4. The van der Waals surface area contributed by atoms with Crippen LogP contribution >= 0.6 is 0 Å². The predicted molar refractivity (Wildman–Crippen MR) is 112 cm³/mol. The Labute approximate surface area is 177 Å². The molecule has 30 heavy (non-hydrogen) atoms. The van der Waals surface area contributed by atoms with Crippen LogP contribution in [-0.2, 0) is 19.1 Å².